The van der Waals surface area contributed by atoms with Crippen molar-refractivity contribution in [2.24, 2.45) is 0 Å². The minimum Gasteiger partial charge on any atom is -0.269 e. The Morgan fingerprint density at radius 2 is 1.73 bits per heavy atom. The molecule has 0 saturated carbocycles. The van der Waals surface area contributed by atoms with Gasteiger partial charge >= 0.3 is 0 Å². The molecule has 0 spiro atoms. The van der Waals surface area contributed by atoms with E-state index in [1.54, 1.807) is 23.1 Å². The van der Waals surface area contributed by atoms with Gasteiger partial charge in [0.15, 0.2) is 11.0 Å². The number of rotatable bonds is 5. The highest BCUT2D eigenvalue weighted by atomic mass is 32.2. The van der Waals surface area contributed by atoms with Gasteiger partial charge in [0.25, 0.3) is 0 Å². The first-order chi connectivity index (χ1) is 12.7. The fourth-order valence-electron chi connectivity index (χ4n) is 2.77. The maximum Gasteiger partial charge on any atom is 0.196 e. The van der Waals surface area contributed by atoms with Crippen molar-refractivity contribution in [1.29, 1.82) is 0 Å². The highest BCUT2D eigenvalue weighted by Gasteiger charge is 2.17. The van der Waals surface area contributed by atoms with Crippen molar-refractivity contribution in [3.05, 3.63) is 82.7 Å². The molecule has 0 radical (unpaired) electrons. The van der Waals surface area contributed by atoms with Crippen LogP contribution in [0.1, 0.15) is 16.7 Å². The lowest BCUT2D eigenvalue weighted by atomic mass is 10.1. The molecule has 2 heterocycles. The third kappa shape index (κ3) is 3.45. The van der Waals surface area contributed by atoms with Gasteiger partial charge in [-0.05, 0) is 48.6 Å². The third-order valence-corrected chi connectivity index (χ3v) is 6.13. The number of benzene rings is 2. The zero-order chi connectivity index (χ0) is 17.9. The van der Waals surface area contributed by atoms with Gasteiger partial charge in [-0.1, -0.05) is 59.8 Å². The number of thioether (sulfide) groups is 1. The molecule has 5 heteroatoms. The van der Waals surface area contributed by atoms with Gasteiger partial charge in [0.05, 0.1) is 4.88 Å². The van der Waals surface area contributed by atoms with Crippen molar-refractivity contribution in [2.75, 3.05) is 0 Å². The Morgan fingerprint density at radius 3 is 2.46 bits per heavy atom. The lowest BCUT2D eigenvalue weighted by Crippen LogP contribution is -1.99. The second-order valence-electron chi connectivity index (χ2n) is 6.17. The highest BCUT2D eigenvalue weighted by Crippen LogP contribution is 2.32. The summed E-state index contributed by atoms with van der Waals surface area (Å²) in [5.41, 5.74) is 4.97. The monoisotopic (exact) mass is 377 g/mol. The first kappa shape index (κ1) is 17.1. The van der Waals surface area contributed by atoms with Crippen LogP contribution in [0.25, 0.3) is 16.4 Å². The molecule has 0 bridgehead atoms. The molecule has 0 fully saturated rings. The minimum absolute atomic E-state index is 0.876. The van der Waals surface area contributed by atoms with Crippen molar-refractivity contribution in [3.8, 4) is 16.4 Å². The number of thiophene rings is 1. The van der Waals surface area contributed by atoms with Crippen LogP contribution in [-0.4, -0.2) is 14.8 Å². The van der Waals surface area contributed by atoms with Gasteiger partial charge in [0, 0.05) is 11.4 Å². The van der Waals surface area contributed by atoms with Crippen molar-refractivity contribution in [1.82, 2.24) is 14.8 Å². The topological polar surface area (TPSA) is 30.7 Å². The first-order valence-corrected chi connectivity index (χ1v) is 10.3. The molecule has 0 N–H and O–H groups in total. The number of aromatic nitrogens is 3. The molecular formula is C21H19N3S2. The second kappa shape index (κ2) is 7.48. The Hall–Kier alpha value is -2.37. The standard InChI is InChI=1S/C21H19N3S2/c1-15-9-11-18(12-10-15)24-20(19-8-5-13-25-19)22-23-21(24)26-14-17-7-4-3-6-16(17)2/h3-13H,14H2,1-2H3. The Labute approximate surface area is 161 Å². The summed E-state index contributed by atoms with van der Waals surface area (Å²) in [6.45, 7) is 4.25. The molecule has 0 aliphatic heterocycles. The Morgan fingerprint density at radius 1 is 0.923 bits per heavy atom. The molecule has 130 valence electrons. The van der Waals surface area contributed by atoms with Crippen molar-refractivity contribution in [2.45, 2.75) is 24.8 Å². The molecule has 0 aliphatic carbocycles. The van der Waals surface area contributed by atoms with Gasteiger partial charge in [0.2, 0.25) is 0 Å². The van der Waals surface area contributed by atoms with Crippen LogP contribution in [0, 0.1) is 13.8 Å². The van der Waals surface area contributed by atoms with Gasteiger partial charge in [-0.25, -0.2) is 0 Å². The van der Waals surface area contributed by atoms with E-state index < -0.39 is 0 Å². The maximum absolute atomic E-state index is 4.50. The Balaban J connectivity index is 1.72. The Kier molecular flexibility index (Phi) is 4.91. The summed E-state index contributed by atoms with van der Waals surface area (Å²) in [7, 11) is 0. The van der Waals surface area contributed by atoms with Gasteiger partial charge in [0.1, 0.15) is 0 Å². The fraction of sp³-hybridized carbons (Fsp3) is 0.143. The van der Waals surface area contributed by atoms with Crippen LogP contribution in [0.3, 0.4) is 0 Å². The summed E-state index contributed by atoms with van der Waals surface area (Å²) in [4.78, 5) is 1.13. The summed E-state index contributed by atoms with van der Waals surface area (Å²) in [5.74, 6) is 1.78. The zero-order valence-electron chi connectivity index (χ0n) is 14.7. The predicted octanol–water partition coefficient (Wildman–Crippen LogP) is 5.90. The van der Waals surface area contributed by atoms with E-state index >= 15 is 0 Å². The van der Waals surface area contributed by atoms with E-state index in [-0.39, 0.29) is 0 Å². The molecule has 0 unspecified atom stereocenters. The van der Waals surface area contributed by atoms with E-state index in [0.717, 1.165) is 27.3 Å². The van der Waals surface area contributed by atoms with E-state index in [9.17, 15) is 0 Å². The summed E-state index contributed by atoms with van der Waals surface area (Å²) < 4.78 is 2.16. The van der Waals surface area contributed by atoms with E-state index in [4.69, 9.17) is 0 Å². The Bertz CT molecular complexity index is 1000. The molecule has 0 aliphatic rings. The van der Waals surface area contributed by atoms with Crippen molar-refractivity contribution >= 4 is 23.1 Å². The van der Waals surface area contributed by atoms with Crippen LogP contribution in [-0.2, 0) is 5.75 Å². The lowest BCUT2D eigenvalue weighted by molar-refractivity contribution is 0.886. The van der Waals surface area contributed by atoms with E-state index in [1.165, 1.54) is 16.7 Å². The largest absolute Gasteiger partial charge is 0.269 e. The first-order valence-electron chi connectivity index (χ1n) is 8.46. The number of nitrogens with zero attached hydrogens (tertiary/aromatic N) is 3. The molecule has 0 atom stereocenters. The van der Waals surface area contributed by atoms with Crippen LogP contribution < -0.4 is 0 Å². The van der Waals surface area contributed by atoms with Crippen molar-refractivity contribution in [3.63, 3.8) is 0 Å². The summed E-state index contributed by atoms with van der Waals surface area (Å²) in [5, 5.41) is 12.0. The summed E-state index contributed by atoms with van der Waals surface area (Å²) in [6, 6.07) is 21.2. The van der Waals surface area contributed by atoms with Gasteiger partial charge < -0.3 is 0 Å². The molecule has 0 amide bonds. The van der Waals surface area contributed by atoms with Gasteiger partial charge in [-0.2, -0.15) is 0 Å². The molecule has 3 nitrogen and oxygen atoms in total. The highest BCUT2D eigenvalue weighted by molar-refractivity contribution is 7.98. The molecule has 2 aromatic heterocycles. The van der Waals surface area contributed by atoms with Gasteiger partial charge in [-0.15, -0.1) is 21.5 Å². The average molecular weight is 378 g/mol. The van der Waals surface area contributed by atoms with Crippen LogP contribution >= 0.6 is 23.1 Å². The molecule has 0 saturated heterocycles. The summed E-state index contributed by atoms with van der Waals surface area (Å²) >= 11 is 3.41. The fourth-order valence-corrected chi connectivity index (χ4v) is 4.50. The van der Waals surface area contributed by atoms with Crippen LogP contribution in [0.15, 0.2) is 71.2 Å². The van der Waals surface area contributed by atoms with Crippen LogP contribution in [0.4, 0.5) is 0 Å². The zero-order valence-corrected chi connectivity index (χ0v) is 16.3. The van der Waals surface area contributed by atoms with E-state index in [0.29, 0.717) is 0 Å². The maximum atomic E-state index is 4.50. The third-order valence-electron chi connectivity index (χ3n) is 4.29. The van der Waals surface area contributed by atoms with Crippen LogP contribution in [0.5, 0.6) is 0 Å². The smallest absolute Gasteiger partial charge is 0.196 e. The quantitative estimate of drug-likeness (QED) is 0.405. The number of hydrogen-bond donors (Lipinski definition) is 0. The average Bonchev–Trinajstić information content (AvgIpc) is 3.31. The van der Waals surface area contributed by atoms with E-state index in [1.807, 2.05) is 6.07 Å². The molecule has 4 aromatic rings. The molecule has 26 heavy (non-hydrogen) atoms. The molecule has 4 rings (SSSR count). The lowest BCUT2D eigenvalue weighted by Gasteiger charge is -2.10. The number of hydrogen-bond acceptors (Lipinski definition) is 4. The predicted molar refractivity (Wildman–Crippen MR) is 110 cm³/mol. The van der Waals surface area contributed by atoms with Crippen LogP contribution in [0.2, 0.25) is 0 Å². The SMILES string of the molecule is Cc1ccc(-n2c(SCc3ccccc3C)nnc2-c2cccs2)cc1. The van der Waals surface area contributed by atoms with Crippen molar-refractivity contribution < 1.29 is 0 Å². The van der Waals surface area contributed by atoms with E-state index in [2.05, 4.69) is 88.6 Å². The molecular weight excluding hydrogens is 358 g/mol. The summed E-state index contributed by atoms with van der Waals surface area (Å²) in [6.07, 6.45) is 0. The molecule has 2 aromatic carbocycles. The second-order valence-corrected chi connectivity index (χ2v) is 8.06. The van der Waals surface area contributed by atoms with Gasteiger partial charge in [-0.3, -0.25) is 4.57 Å². The normalized spacial score (nSPS) is 11.0. The minimum atomic E-state index is 0.876. The number of aryl methyl sites for hydroxylation is 2.